The number of ether oxygens (including phenoxy) is 1. The van der Waals surface area contributed by atoms with Crippen molar-refractivity contribution in [2.45, 2.75) is 12.8 Å². The topological polar surface area (TPSA) is 9.23 Å². The van der Waals surface area contributed by atoms with Gasteiger partial charge in [0, 0.05) is 5.88 Å². The largest absolute Gasteiger partial charge is 0.454 e. The molecule has 1 nitrogen and oxygen atoms in total. The van der Waals surface area contributed by atoms with Crippen molar-refractivity contribution in [2.75, 3.05) is 0 Å². The minimum atomic E-state index is 0.422. The van der Waals surface area contributed by atoms with Crippen molar-refractivity contribution in [3.63, 3.8) is 0 Å². The van der Waals surface area contributed by atoms with Crippen LogP contribution in [0.1, 0.15) is 11.1 Å². The lowest BCUT2D eigenvalue weighted by atomic mass is 10.2. The van der Waals surface area contributed by atoms with Crippen LogP contribution >= 0.6 is 34.8 Å². The summed E-state index contributed by atoms with van der Waals surface area (Å²) in [5, 5.41) is 1.08. The molecule has 0 atom stereocenters. The van der Waals surface area contributed by atoms with Crippen molar-refractivity contribution in [3.8, 4) is 11.5 Å². The van der Waals surface area contributed by atoms with Crippen LogP contribution < -0.4 is 4.74 Å². The van der Waals surface area contributed by atoms with Gasteiger partial charge in [0.15, 0.2) is 0 Å². The van der Waals surface area contributed by atoms with E-state index in [1.165, 1.54) is 0 Å². The van der Waals surface area contributed by atoms with E-state index in [0.717, 1.165) is 11.1 Å². The van der Waals surface area contributed by atoms with E-state index in [4.69, 9.17) is 39.5 Å². The molecule has 0 fully saturated rings. The highest BCUT2D eigenvalue weighted by Gasteiger charge is 2.07. The van der Waals surface area contributed by atoms with Crippen LogP contribution in [0.15, 0.2) is 36.4 Å². The van der Waals surface area contributed by atoms with Gasteiger partial charge >= 0.3 is 0 Å². The molecule has 0 aromatic heterocycles. The fraction of sp³-hybridized carbons (Fsp3) is 0.143. The highest BCUT2D eigenvalue weighted by molar-refractivity contribution is 6.33. The van der Waals surface area contributed by atoms with Crippen molar-refractivity contribution < 1.29 is 4.74 Å². The summed E-state index contributed by atoms with van der Waals surface area (Å²) in [6.07, 6.45) is 0. The van der Waals surface area contributed by atoms with Gasteiger partial charge in [0.1, 0.15) is 11.5 Å². The van der Waals surface area contributed by atoms with Crippen LogP contribution in [-0.4, -0.2) is 0 Å². The second-order valence-electron chi connectivity index (χ2n) is 3.93. The molecule has 0 aliphatic carbocycles. The second kappa shape index (κ2) is 5.83. The Morgan fingerprint density at radius 2 is 1.56 bits per heavy atom. The third kappa shape index (κ3) is 3.11. The Balaban J connectivity index is 2.28. The number of alkyl halides is 1. The number of halogens is 3. The molecule has 2 rings (SSSR count). The zero-order valence-electron chi connectivity index (χ0n) is 9.71. The fourth-order valence-corrected chi connectivity index (χ4v) is 2.20. The van der Waals surface area contributed by atoms with Crippen LogP contribution in [0.4, 0.5) is 0 Å². The summed E-state index contributed by atoms with van der Waals surface area (Å²) in [7, 11) is 0. The molecule has 4 heteroatoms. The second-order valence-corrected chi connectivity index (χ2v) is 5.02. The summed E-state index contributed by atoms with van der Waals surface area (Å²) >= 11 is 17.9. The standard InChI is InChI=1S/C14H11Cl3O/c1-9-2-4-13(11(16)6-9)18-14-5-3-10(8-15)7-12(14)17/h2-7H,8H2,1H3. The molecule has 94 valence electrons. The quantitative estimate of drug-likeness (QED) is 0.648. The minimum absolute atomic E-state index is 0.422. The first-order valence-corrected chi connectivity index (χ1v) is 6.67. The number of aryl methyl sites for hydroxylation is 1. The zero-order chi connectivity index (χ0) is 13.1. The molecular weight excluding hydrogens is 291 g/mol. The minimum Gasteiger partial charge on any atom is -0.454 e. The van der Waals surface area contributed by atoms with Crippen LogP contribution in [0.2, 0.25) is 10.0 Å². The Hall–Kier alpha value is -0.890. The van der Waals surface area contributed by atoms with E-state index in [-0.39, 0.29) is 0 Å². The zero-order valence-corrected chi connectivity index (χ0v) is 12.0. The van der Waals surface area contributed by atoms with Gasteiger partial charge in [-0.3, -0.25) is 0 Å². The summed E-state index contributed by atoms with van der Waals surface area (Å²) < 4.78 is 5.69. The van der Waals surface area contributed by atoms with Gasteiger partial charge < -0.3 is 4.74 Å². The highest BCUT2D eigenvalue weighted by Crippen LogP contribution is 2.34. The first-order chi connectivity index (χ1) is 8.60. The molecule has 0 aliphatic rings. The summed E-state index contributed by atoms with van der Waals surface area (Å²) in [6.45, 7) is 1.97. The summed E-state index contributed by atoms with van der Waals surface area (Å²) in [5.74, 6) is 1.57. The average Bonchev–Trinajstić information content (AvgIpc) is 2.34. The number of rotatable bonds is 3. The Morgan fingerprint density at radius 3 is 2.11 bits per heavy atom. The van der Waals surface area contributed by atoms with Crippen LogP contribution in [0, 0.1) is 6.92 Å². The maximum absolute atomic E-state index is 6.11. The van der Waals surface area contributed by atoms with Gasteiger partial charge in [-0.05, 0) is 42.3 Å². The van der Waals surface area contributed by atoms with E-state index in [1.54, 1.807) is 12.1 Å². The van der Waals surface area contributed by atoms with Gasteiger partial charge in [0.25, 0.3) is 0 Å². The summed E-state index contributed by atoms with van der Waals surface area (Å²) in [6, 6.07) is 11.0. The van der Waals surface area contributed by atoms with E-state index in [0.29, 0.717) is 27.4 Å². The summed E-state index contributed by atoms with van der Waals surface area (Å²) in [4.78, 5) is 0. The molecule has 18 heavy (non-hydrogen) atoms. The lowest BCUT2D eigenvalue weighted by Gasteiger charge is -2.10. The van der Waals surface area contributed by atoms with Crippen molar-refractivity contribution in [3.05, 3.63) is 57.6 Å². The molecule has 0 aliphatic heterocycles. The van der Waals surface area contributed by atoms with Gasteiger partial charge in [0.05, 0.1) is 10.0 Å². The predicted molar refractivity (Wildman–Crippen MR) is 77.3 cm³/mol. The molecule has 0 radical (unpaired) electrons. The molecule has 2 aromatic carbocycles. The Kier molecular flexibility index (Phi) is 4.39. The van der Waals surface area contributed by atoms with Crippen molar-refractivity contribution in [1.82, 2.24) is 0 Å². The van der Waals surface area contributed by atoms with E-state index >= 15 is 0 Å². The molecule has 2 aromatic rings. The first-order valence-electron chi connectivity index (χ1n) is 5.38. The van der Waals surface area contributed by atoms with Crippen LogP contribution in [0.3, 0.4) is 0 Å². The SMILES string of the molecule is Cc1ccc(Oc2ccc(CCl)cc2Cl)c(Cl)c1. The molecule has 0 saturated heterocycles. The van der Waals surface area contributed by atoms with Gasteiger partial charge in [-0.15, -0.1) is 11.6 Å². The summed E-state index contributed by atoms with van der Waals surface area (Å²) in [5.41, 5.74) is 2.03. The molecule has 0 saturated carbocycles. The maximum Gasteiger partial charge on any atom is 0.146 e. The maximum atomic E-state index is 6.11. The number of benzene rings is 2. The van der Waals surface area contributed by atoms with Gasteiger partial charge in [-0.25, -0.2) is 0 Å². The van der Waals surface area contributed by atoms with E-state index < -0.39 is 0 Å². The molecule has 0 amide bonds. The van der Waals surface area contributed by atoms with E-state index in [9.17, 15) is 0 Å². The highest BCUT2D eigenvalue weighted by atomic mass is 35.5. The Morgan fingerprint density at radius 1 is 0.944 bits per heavy atom. The van der Waals surface area contributed by atoms with Crippen LogP contribution in [-0.2, 0) is 5.88 Å². The average molecular weight is 302 g/mol. The van der Waals surface area contributed by atoms with Gasteiger partial charge in [0.2, 0.25) is 0 Å². The van der Waals surface area contributed by atoms with Crippen molar-refractivity contribution in [2.24, 2.45) is 0 Å². The lowest BCUT2D eigenvalue weighted by Crippen LogP contribution is -1.88. The molecule has 0 heterocycles. The predicted octanol–water partition coefficient (Wildman–Crippen LogP) is 5.83. The van der Waals surface area contributed by atoms with E-state index in [1.807, 2.05) is 31.2 Å². The normalized spacial score (nSPS) is 10.4. The van der Waals surface area contributed by atoms with Crippen LogP contribution in [0.25, 0.3) is 0 Å². The van der Waals surface area contributed by atoms with Crippen LogP contribution in [0.5, 0.6) is 11.5 Å². The first kappa shape index (κ1) is 13.5. The molecule has 0 unspecified atom stereocenters. The van der Waals surface area contributed by atoms with Gasteiger partial charge in [-0.2, -0.15) is 0 Å². The molecular formula is C14H11Cl3O. The molecule has 0 N–H and O–H groups in total. The Labute approximate surface area is 121 Å². The fourth-order valence-electron chi connectivity index (χ4n) is 1.52. The number of hydrogen-bond donors (Lipinski definition) is 0. The van der Waals surface area contributed by atoms with Crippen molar-refractivity contribution >= 4 is 34.8 Å². The number of hydrogen-bond acceptors (Lipinski definition) is 1. The third-order valence-electron chi connectivity index (χ3n) is 2.46. The lowest BCUT2D eigenvalue weighted by molar-refractivity contribution is 0.483. The molecule has 0 bridgehead atoms. The monoisotopic (exact) mass is 300 g/mol. The third-order valence-corrected chi connectivity index (χ3v) is 3.36. The molecule has 0 spiro atoms. The Bertz CT molecular complexity index is 567. The smallest absolute Gasteiger partial charge is 0.146 e. The van der Waals surface area contributed by atoms with Crippen molar-refractivity contribution in [1.29, 1.82) is 0 Å². The van der Waals surface area contributed by atoms with E-state index in [2.05, 4.69) is 0 Å². The van der Waals surface area contributed by atoms with Gasteiger partial charge in [-0.1, -0.05) is 35.3 Å².